The summed E-state index contributed by atoms with van der Waals surface area (Å²) in [4.78, 5) is 3.94. The van der Waals surface area contributed by atoms with Crippen molar-refractivity contribution >= 4 is 0 Å². The molecule has 16 heavy (non-hydrogen) atoms. The van der Waals surface area contributed by atoms with Gasteiger partial charge in [0.2, 0.25) is 0 Å². The first-order valence-corrected chi connectivity index (χ1v) is 5.97. The largest absolute Gasteiger partial charge is 0.315 e. The van der Waals surface area contributed by atoms with Crippen LogP contribution in [0.25, 0.3) is 0 Å². The average Bonchev–Trinajstić information content (AvgIpc) is 2.73. The molecular weight excluding hydrogens is 204 g/mol. The van der Waals surface area contributed by atoms with Crippen molar-refractivity contribution < 1.29 is 0 Å². The number of likely N-dealkylation sites (N-methyl/N-ethyl adjacent to an activating group) is 1. The lowest BCUT2D eigenvalue weighted by molar-refractivity contribution is 0.162. The molecule has 1 atom stereocenters. The van der Waals surface area contributed by atoms with Crippen LogP contribution in [-0.2, 0) is 13.6 Å². The van der Waals surface area contributed by atoms with Crippen molar-refractivity contribution in [3.05, 3.63) is 5.82 Å². The fourth-order valence-electron chi connectivity index (χ4n) is 2.21. The molecular formula is C10H20N6. The Morgan fingerprint density at radius 1 is 1.56 bits per heavy atom. The van der Waals surface area contributed by atoms with Crippen LogP contribution in [0, 0.1) is 0 Å². The molecule has 2 rings (SSSR count). The number of nitrogens with one attached hydrogen (secondary N) is 1. The number of tetrazole rings is 1. The van der Waals surface area contributed by atoms with Gasteiger partial charge in [-0.1, -0.05) is 6.92 Å². The van der Waals surface area contributed by atoms with E-state index in [-0.39, 0.29) is 0 Å². The third kappa shape index (κ3) is 2.76. The zero-order chi connectivity index (χ0) is 11.4. The third-order valence-electron chi connectivity index (χ3n) is 3.09. The number of nitrogens with zero attached hydrogens (tertiary/aromatic N) is 5. The second-order valence-corrected chi connectivity index (χ2v) is 4.26. The van der Waals surface area contributed by atoms with E-state index in [0.717, 1.165) is 32.0 Å². The molecule has 0 aromatic carbocycles. The monoisotopic (exact) mass is 224 g/mol. The molecule has 0 aliphatic carbocycles. The van der Waals surface area contributed by atoms with Crippen LogP contribution in [-0.4, -0.2) is 50.8 Å². The van der Waals surface area contributed by atoms with Gasteiger partial charge in [0, 0.05) is 12.6 Å². The number of aromatic nitrogens is 4. The molecule has 1 N–H and O–H groups in total. The molecule has 0 radical (unpaired) electrons. The Labute approximate surface area is 96.0 Å². The molecule has 1 saturated heterocycles. The second kappa shape index (κ2) is 5.36. The predicted octanol–water partition coefficient (Wildman–Crippen LogP) is -0.216. The first-order valence-electron chi connectivity index (χ1n) is 5.97. The van der Waals surface area contributed by atoms with E-state index in [0.29, 0.717) is 6.04 Å². The quantitative estimate of drug-likeness (QED) is 0.766. The summed E-state index contributed by atoms with van der Waals surface area (Å²) < 4.78 is 0. The van der Waals surface area contributed by atoms with E-state index in [9.17, 15) is 0 Å². The first-order chi connectivity index (χ1) is 7.79. The molecule has 0 spiro atoms. The van der Waals surface area contributed by atoms with Gasteiger partial charge in [0.05, 0.1) is 13.6 Å². The highest BCUT2D eigenvalue weighted by atomic mass is 15.6. The van der Waals surface area contributed by atoms with Gasteiger partial charge >= 0.3 is 0 Å². The molecule has 0 bridgehead atoms. The molecule has 1 aromatic rings. The second-order valence-electron chi connectivity index (χ2n) is 4.26. The molecule has 1 aliphatic heterocycles. The molecule has 90 valence electrons. The number of rotatable bonds is 4. The van der Waals surface area contributed by atoms with Gasteiger partial charge < -0.3 is 5.32 Å². The number of hydrogen-bond acceptors (Lipinski definition) is 5. The Morgan fingerprint density at radius 2 is 2.44 bits per heavy atom. The molecule has 0 saturated carbocycles. The number of aryl methyl sites for hydroxylation is 1. The minimum atomic E-state index is 0.613. The number of piperidine rings is 1. The maximum Gasteiger partial charge on any atom is 0.188 e. The van der Waals surface area contributed by atoms with Gasteiger partial charge in [-0.3, -0.25) is 4.90 Å². The lowest BCUT2D eigenvalue weighted by Crippen LogP contribution is -2.45. The fourth-order valence-corrected chi connectivity index (χ4v) is 2.21. The summed E-state index contributed by atoms with van der Waals surface area (Å²) in [5, 5.41) is 15.6. The first kappa shape index (κ1) is 11.5. The van der Waals surface area contributed by atoms with Crippen LogP contribution in [0.4, 0.5) is 0 Å². The fraction of sp³-hybridized carbons (Fsp3) is 0.900. The van der Waals surface area contributed by atoms with Crippen LogP contribution in [0.3, 0.4) is 0 Å². The molecule has 1 aliphatic rings. The summed E-state index contributed by atoms with van der Waals surface area (Å²) in [6.45, 7) is 6.25. The highest BCUT2D eigenvalue weighted by Gasteiger charge is 2.20. The van der Waals surface area contributed by atoms with Crippen molar-refractivity contribution in [2.75, 3.05) is 19.6 Å². The van der Waals surface area contributed by atoms with Gasteiger partial charge in [-0.2, -0.15) is 4.80 Å². The van der Waals surface area contributed by atoms with Gasteiger partial charge in [-0.25, -0.2) is 0 Å². The molecule has 1 fully saturated rings. The molecule has 0 amide bonds. The van der Waals surface area contributed by atoms with E-state index in [1.165, 1.54) is 17.6 Å². The highest BCUT2D eigenvalue weighted by molar-refractivity contribution is 4.83. The summed E-state index contributed by atoms with van der Waals surface area (Å²) in [7, 11) is 1.80. The zero-order valence-electron chi connectivity index (χ0n) is 10.1. The van der Waals surface area contributed by atoms with E-state index >= 15 is 0 Å². The minimum Gasteiger partial charge on any atom is -0.315 e. The zero-order valence-corrected chi connectivity index (χ0v) is 10.1. The van der Waals surface area contributed by atoms with Crippen LogP contribution < -0.4 is 5.32 Å². The summed E-state index contributed by atoms with van der Waals surface area (Å²) in [6, 6.07) is 0.613. The maximum absolute atomic E-state index is 4.23. The van der Waals surface area contributed by atoms with Crippen molar-refractivity contribution in [3.8, 4) is 0 Å². The Bertz CT molecular complexity index is 317. The van der Waals surface area contributed by atoms with Gasteiger partial charge in [0.15, 0.2) is 5.82 Å². The SMILES string of the molecule is CCN(Cc1nnn(C)n1)C1CCCNC1. The van der Waals surface area contributed by atoms with Crippen LogP contribution >= 0.6 is 0 Å². The maximum atomic E-state index is 4.23. The average molecular weight is 224 g/mol. The highest BCUT2D eigenvalue weighted by Crippen LogP contribution is 2.11. The summed E-state index contributed by atoms with van der Waals surface area (Å²) in [6.07, 6.45) is 2.52. The molecule has 6 nitrogen and oxygen atoms in total. The van der Waals surface area contributed by atoms with E-state index in [2.05, 4.69) is 32.6 Å². The van der Waals surface area contributed by atoms with Crippen molar-refractivity contribution in [2.45, 2.75) is 32.4 Å². The van der Waals surface area contributed by atoms with Crippen LogP contribution in [0.1, 0.15) is 25.6 Å². The van der Waals surface area contributed by atoms with E-state index < -0.39 is 0 Å². The lowest BCUT2D eigenvalue weighted by Gasteiger charge is -2.32. The normalized spacial score (nSPS) is 21.6. The van der Waals surface area contributed by atoms with Crippen LogP contribution in [0.15, 0.2) is 0 Å². The van der Waals surface area contributed by atoms with E-state index in [1.807, 2.05) is 0 Å². The number of hydrogen-bond donors (Lipinski definition) is 1. The van der Waals surface area contributed by atoms with Crippen molar-refractivity contribution in [1.82, 2.24) is 30.4 Å². The molecule has 6 heteroatoms. The molecule has 1 aromatic heterocycles. The van der Waals surface area contributed by atoms with Gasteiger partial charge in [0.25, 0.3) is 0 Å². The van der Waals surface area contributed by atoms with Crippen molar-refractivity contribution in [2.24, 2.45) is 7.05 Å². The Kier molecular flexibility index (Phi) is 3.84. The van der Waals surface area contributed by atoms with Crippen molar-refractivity contribution in [3.63, 3.8) is 0 Å². The van der Waals surface area contributed by atoms with Crippen LogP contribution in [0.2, 0.25) is 0 Å². The third-order valence-corrected chi connectivity index (χ3v) is 3.09. The van der Waals surface area contributed by atoms with Gasteiger partial charge in [0.1, 0.15) is 0 Å². The molecule has 1 unspecified atom stereocenters. The molecule has 2 heterocycles. The minimum absolute atomic E-state index is 0.613. The smallest absolute Gasteiger partial charge is 0.188 e. The van der Waals surface area contributed by atoms with E-state index in [1.54, 1.807) is 7.05 Å². The summed E-state index contributed by atoms with van der Waals surface area (Å²) in [5.74, 6) is 0.815. The Hall–Kier alpha value is -1.01. The summed E-state index contributed by atoms with van der Waals surface area (Å²) in [5.41, 5.74) is 0. The Balaban J connectivity index is 1.94. The van der Waals surface area contributed by atoms with Crippen LogP contribution in [0.5, 0.6) is 0 Å². The summed E-state index contributed by atoms with van der Waals surface area (Å²) >= 11 is 0. The van der Waals surface area contributed by atoms with E-state index in [4.69, 9.17) is 0 Å². The predicted molar refractivity (Wildman–Crippen MR) is 60.8 cm³/mol. The Morgan fingerprint density at radius 3 is 3.00 bits per heavy atom. The topological polar surface area (TPSA) is 58.9 Å². The standard InChI is InChI=1S/C10H20N6/c1-3-16(9-5-4-6-11-7-9)8-10-12-14-15(2)13-10/h9,11H,3-8H2,1-2H3. The van der Waals surface area contributed by atoms with Gasteiger partial charge in [-0.05, 0) is 31.1 Å². The van der Waals surface area contributed by atoms with Crippen molar-refractivity contribution in [1.29, 1.82) is 0 Å². The lowest BCUT2D eigenvalue weighted by atomic mass is 10.1. The van der Waals surface area contributed by atoms with Gasteiger partial charge in [-0.15, -0.1) is 10.2 Å².